The third-order valence-electron chi connectivity index (χ3n) is 3.44. The Bertz CT molecular complexity index is 494. The summed E-state index contributed by atoms with van der Waals surface area (Å²) in [7, 11) is 1.63. The van der Waals surface area contributed by atoms with Crippen LogP contribution in [0.2, 0.25) is 0 Å². The minimum atomic E-state index is -0.354. The highest BCUT2D eigenvalue weighted by Gasteiger charge is 2.35. The van der Waals surface area contributed by atoms with Crippen LogP contribution in [0.4, 0.5) is 0 Å². The molecule has 0 spiro atoms. The number of aromatic nitrogens is 1. The molecule has 1 aliphatic carbocycles. The van der Waals surface area contributed by atoms with Gasteiger partial charge in [-0.25, -0.2) is 0 Å². The van der Waals surface area contributed by atoms with Gasteiger partial charge in [0, 0.05) is 25.9 Å². The van der Waals surface area contributed by atoms with Gasteiger partial charge in [-0.2, -0.15) is 0 Å². The number of carbonyl (C=O) groups excluding carboxylic acids is 2. The molecule has 0 aromatic carbocycles. The normalized spacial score (nSPS) is 14.0. The van der Waals surface area contributed by atoms with Gasteiger partial charge in [-0.1, -0.05) is 0 Å². The van der Waals surface area contributed by atoms with Crippen molar-refractivity contribution in [1.29, 1.82) is 0 Å². The molecule has 21 heavy (non-hydrogen) atoms. The molecule has 0 bridgehead atoms. The molecule has 1 amide bonds. The average molecular weight is 294 g/mol. The smallest absolute Gasteiger partial charge is 0.325 e. The first-order valence-corrected chi connectivity index (χ1v) is 7.28. The zero-order valence-electron chi connectivity index (χ0n) is 12.6. The lowest BCUT2D eigenvalue weighted by Gasteiger charge is -2.22. The van der Waals surface area contributed by atoms with E-state index in [1.807, 2.05) is 16.8 Å². The van der Waals surface area contributed by atoms with Gasteiger partial charge in [0.1, 0.15) is 12.2 Å². The van der Waals surface area contributed by atoms with E-state index in [9.17, 15) is 9.59 Å². The molecule has 1 heterocycles. The summed E-state index contributed by atoms with van der Waals surface area (Å²) in [4.78, 5) is 26.0. The average Bonchev–Trinajstić information content (AvgIpc) is 3.20. The van der Waals surface area contributed by atoms with Crippen LogP contribution >= 0.6 is 0 Å². The Morgan fingerprint density at radius 2 is 2.19 bits per heavy atom. The van der Waals surface area contributed by atoms with Crippen molar-refractivity contribution in [3.63, 3.8) is 0 Å². The van der Waals surface area contributed by atoms with Crippen molar-refractivity contribution in [3.8, 4) is 0 Å². The number of carbonyl (C=O) groups is 2. The second-order valence-electron chi connectivity index (χ2n) is 5.05. The molecule has 6 heteroatoms. The third kappa shape index (κ3) is 4.07. The summed E-state index contributed by atoms with van der Waals surface area (Å²) in [6.45, 7) is 3.26. The predicted molar refractivity (Wildman–Crippen MR) is 77.0 cm³/mol. The van der Waals surface area contributed by atoms with Crippen molar-refractivity contribution in [1.82, 2.24) is 9.47 Å². The number of ether oxygens (including phenoxy) is 2. The van der Waals surface area contributed by atoms with Gasteiger partial charge in [-0.15, -0.1) is 0 Å². The number of amides is 1. The summed E-state index contributed by atoms with van der Waals surface area (Å²) < 4.78 is 11.9. The first-order valence-electron chi connectivity index (χ1n) is 7.28. The minimum absolute atomic E-state index is 0.0206. The lowest BCUT2D eigenvalue weighted by atomic mass is 10.3. The summed E-state index contributed by atoms with van der Waals surface area (Å²) in [5.74, 6) is -0.473. The standard InChI is InChI=1S/C15H22N2O4/c1-3-21-14(18)11-17(12-6-7-12)15(19)13-5-4-8-16(13)9-10-20-2/h4-5,8,12H,3,6-7,9-11H2,1-2H3. The summed E-state index contributed by atoms with van der Waals surface area (Å²) in [5.41, 5.74) is 0.586. The van der Waals surface area contributed by atoms with Crippen molar-refractivity contribution < 1.29 is 19.1 Å². The second-order valence-corrected chi connectivity index (χ2v) is 5.05. The number of esters is 1. The minimum Gasteiger partial charge on any atom is -0.465 e. The van der Waals surface area contributed by atoms with E-state index in [0.717, 1.165) is 12.8 Å². The van der Waals surface area contributed by atoms with Crippen molar-refractivity contribution in [2.24, 2.45) is 0 Å². The molecule has 1 aromatic rings. The van der Waals surface area contributed by atoms with E-state index in [1.54, 1.807) is 25.0 Å². The van der Waals surface area contributed by atoms with Gasteiger partial charge in [-0.05, 0) is 31.9 Å². The highest BCUT2D eigenvalue weighted by molar-refractivity contribution is 5.95. The maximum atomic E-state index is 12.7. The highest BCUT2D eigenvalue weighted by Crippen LogP contribution is 2.28. The van der Waals surface area contributed by atoms with Crippen molar-refractivity contribution in [3.05, 3.63) is 24.0 Å². The molecule has 0 unspecified atom stereocenters. The molecule has 1 aliphatic rings. The fraction of sp³-hybridized carbons (Fsp3) is 0.600. The summed E-state index contributed by atoms with van der Waals surface area (Å²) in [5, 5.41) is 0. The Labute approximate surface area is 124 Å². The zero-order valence-corrected chi connectivity index (χ0v) is 12.6. The molecule has 1 aromatic heterocycles. The molecule has 0 N–H and O–H groups in total. The Hall–Kier alpha value is -1.82. The van der Waals surface area contributed by atoms with Gasteiger partial charge in [0.15, 0.2) is 0 Å². The predicted octanol–water partition coefficient (Wildman–Crippen LogP) is 1.30. The molecule has 0 saturated heterocycles. The lowest BCUT2D eigenvalue weighted by molar-refractivity contribution is -0.144. The van der Waals surface area contributed by atoms with Crippen LogP contribution in [0, 0.1) is 0 Å². The quantitative estimate of drug-likeness (QED) is 0.678. The van der Waals surface area contributed by atoms with Crippen molar-refractivity contribution >= 4 is 11.9 Å². The van der Waals surface area contributed by atoms with E-state index in [1.165, 1.54) is 0 Å². The van der Waals surface area contributed by atoms with Gasteiger partial charge in [0.25, 0.3) is 5.91 Å². The molecule has 116 valence electrons. The first kappa shape index (κ1) is 15.6. The summed E-state index contributed by atoms with van der Waals surface area (Å²) >= 11 is 0. The van der Waals surface area contributed by atoms with Gasteiger partial charge < -0.3 is 18.9 Å². The van der Waals surface area contributed by atoms with E-state index in [-0.39, 0.29) is 24.5 Å². The van der Waals surface area contributed by atoms with E-state index in [0.29, 0.717) is 25.5 Å². The zero-order chi connectivity index (χ0) is 15.2. The molecule has 2 rings (SSSR count). The summed E-state index contributed by atoms with van der Waals surface area (Å²) in [6.07, 6.45) is 3.75. The molecule has 1 saturated carbocycles. The van der Waals surface area contributed by atoms with Crippen molar-refractivity contribution in [2.75, 3.05) is 26.9 Å². The fourth-order valence-corrected chi connectivity index (χ4v) is 2.24. The van der Waals surface area contributed by atoms with E-state index < -0.39 is 0 Å². The molecule has 0 atom stereocenters. The van der Waals surface area contributed by atoms with Crippen molar-refractivity contribution in [2.45, 2.75) is 32.4 Å². The molecule has 6 nitrogen and oxygen atoms in total. The van der Waals surface area contributed by atoms with E-state index in [4.69, 9.17) is 9.47 Å². The van der Waals surface area contributed by atoms with Gasteiger partial charge in [0.05, 0.1) is 13.2 Å². The first-order chi connectivity index (χ1) is 10.2. The largest absolute Gasteiger partial charge is 0.465 e. The number of nitrogens with zero attached hydrogens (tertiary/aromatic N) is 2. The Kier molecular flexibility index (Phi) is 5.38. The third-order valence-corrected chi connectivity index (χ3v) is 3.44. The van der Waals surface area contributed by atoms with Gasteiger partial charge in [-0.3, -0.25) is 9.59 Å². The number of rotatable bonds is 8. The van der Waals surface area contributed by atoms with Crippen LogP contribution in [0.3, 0.4) is 0 Å². The Morgan fingerprint density at radius 3 is 2.81 bits per heavy atom. The SMILES string of the molecule is CCOC(=O)CN(C(=O)c1cccn1CCOC)C1CC1. The second kappa shape index (κ2) is 7.26. The molecule has 0 aliphatic heterocycles. The maximum Gasteiger partial charge on any atom is 0.325 e. The van der Waals surface area contributed by atoms with Crippen LogP contribution in [0.25, 0.3) is 0 Å². The molecule has 0 radical (unpaired) electrons. The molecule has 1 fully saturated rings. The summed E-state index contributed by atoms with van der Waals surface area (Å²) in [6, 6.07) is 3.77. The Morgan fingerprint density at radius 1 is 1.43 bits per heavy atom. The van der Waals surface area contributed by atoms with Gasteiger partial charge >= 0.3 is 5.97 Å². The molecular formula is C15H22N2O4. The van der Waals surface area contributed by atoms with Crippen LogP contribution in [0.5, 0.6) is 0 Å². The van der Waals surface area contributed by atoms with Crippen LogP contribution in [0.15, 0.2) is 18.3 Å². The monoisotopic (exact) mass is 294 g/mol. The van der Waals surface area contributed by atoms with Crippen LogP contribution in [-0.4, -0.2) is 54.3 Å². The van der Waals surface area contributed by atoms with Crippen LogP contribution in [-0.2, 0) is 20.8 Å². The number of hydrogen-bond acceptors (Lipinski definition) is 4. The fourth-order valence-electron chi connectivity index (χ4n) is 2.24. The topological polar surface area (TPSA) is 60.8 Å². The highest BCUT2D eigenvalue weighted by atomic mass is 16.5. The van der Waals surface area contributed by atoms with Crippen LogP contribution in [0.1, 0.15) is 30.3 Å². The maximum absolute atomic E-state index is 12.7. The number of methoxy groups -OCH3 is 1. The molecular weight excluding hydrogens is 272 g/mol. The van der Waals surface area contributed by atoms with E-state index in [2.05, 4.69) is 0 Å². The Balaban J connectivity index is 2.07. The van der Waals surface area contributed by atoms with E-state index >= 15 is 0 Å². The van der Waals surface area contributed by atoms with Gasteiger partial charge in [0.2, 0.25) is 0 Å². The van der Waals surface area contributed by atoms with Crippen LogP contribution < -0.4 is 0 Å². The number of hydrogen-bond donors (Lipinski definition) is 0. The lowest BCUT2D eigenvalue weighted by Crippen LogP contribution is -2.39.